The van der Waals surface area contributed by atoms with E-state index in [-0.39, 0.29) is 11.8 Å². The van der Waals surface area contributed by atoms with E-state index in [9.17, 15) is 4.79 Å². The van der Waals surface area contributed by atoms with Crippen LogP contribution in [-0.4, -0.2) is 27.9 Å². The quantitative estimate of drug-likeness (QED) is 0.843. The summed E-state index contributed by atoms with van der Waals surface area (Å²) in [6.45, 7) is 4.57. The van der Waals surface area contributed by atoms with Gasteiger partial charge in [-0.2, -0.15) is 9.84 Å². The summed E-state index contributed by atoms with van der Waals surface area (Å²) in [6.07, 6.45) is 0.390. The monoisotopic (exact) mass is 257 g/mol. The summed E-state index contributed by atoms with van der Waals surface area (Å²) in [5.74, 6) is -0.821. The molecule has 4 heteroatoms. The van der Waals surface area contributed by atoms with E-state index in [1.807, 2.05) is 28.8 Å². The van der Waals surface area contributed by atoms with Crippen molar-refractivity contribution in [1.29, 1.82) is 5.26 Å². The van der Waals surface area contributed by atoms with Gasteiger partial charge in [-0.3, -0.25) is 4.79 Å². The molecule has 0 unspecified atom stereocenters. The fraction of sp³-hybridized carbons (Fsp3) is 0.400. The maximum Gasteiger partial charge on any atom is 0.309 e. The van der Waals surface area contributed by atoms with Gasteiger partial charge in [-0.05, 0) is 13.8 Å². The fourth-order valence-electron chi connectivity index (χ4n) is 2.73. The maximum absolute atomic E-state index is 10.8. The van der Waals surface area contributed by atoms with Gasteiger partial charge in [0.15, 0.2) is 12.3 Å². The van der Waals surface area contributed by atoms with Gasteiger partial charge >= 0.3 is 5.97 Å². The number of nitrogens with zero attached hydrogens (tertiary/aromatic N) is 2. The third-order valence-electron chi connectivity index (χ3n) is 3.71. The van der Waals surface area contributed by atoms with E-state index in [2.05, 4.69) is 19.9 Å². The van der Waals surface area contributed by atoms with E-state index in [4.69, 9.17) is 10.4 Å². The summed E-state index contributed by atoms with van der Waals surface area (Å²) in [5, 5.41) is 17.9. The largest absolute Gasteiger partial charge is 0.481 e. The summed E-state index contributed by atoms with van der Waals surface area (Å²) in [5.41, 5.74) is 2.95. The molecule has 1 N–H and O–H groups in total. The Morgan fingerprint density at radius 1 is 1.42 bits per heavy atom. The van der Waals surface area contributed by atoms with E-state index >= 15 is 0 Å². The highest BCUT2D eigenvalue weighted by Gasteiger charge is 2.44. The average molecular weight is 257 g/mol. The summed E-state index contributed by atoms with van der Waals surface area (Å²) < 4.78 is 1.99. The van der Waals surface area contributed by atoms with Crippen LogP contribution >= 0.6 is 0 Å². The molecule has 1 aromatic carbocycles. The molecule has 0 fully saturated rings. The lowest BCUT2D eigenvalue weighted by Crippen LogP contribution is -2.29. The van der Waals surface area contributed by atoms with Crippen LogP contribution in [0.1, 0.15) is 32.3 Å². The third kappa shape index (κ3) is 2.24. The lowest BCUT2D eigenvalue weighted by Gasteiger charge is -2.15. The van der Waals surface area contributed by atoms with Crippen molar-refractivity contribution in [2.75, 3.05) is 6.54 Å². The van der Waals surface area contributed by atoms with Crippen molar-refractivity contribution in [3.8, 4) is 6.07 Å². The van der Waals surface area contributed by atoms with E-state index < -0.39 is 5.97 Å². The number of carboxylic acids is 1. The predicted octanol–water partition coefficient (Wildman–Crippen LogP) is 2.45. The topological polar surface area (TPSA) is 64.1 Å². The summed E-state index contributed by atoms with van der Waals surface area (Å²) in [7, 11) is 0. The lowest BCUT2D eigenvalue weighted by atomic mass is 9.80. The molecule has 0 spiro atoms. The van der Waals surface area contributed by atoms with Crippen molar-refractivity contribution >= 4 is 17.4 Å². The number of carboxylic acid groups (broad SMARTS) is 1. The van der Waals surface area contributed by atoms with Crippen molar-refractivity contribution in [3.63, 3.8) is 0 Å². The molecule has 0 radical (unpaired) electrons. The second kappa shape index (κ2) is 4.85. The standard InChI is InChI=1S/C15H16N2O2/c1-15(2)11-5-3-4-6-12(11)17(10-8-14(18)19)13(15)7-9-16/h3-6H,7-8,10H2,1-2H3/p+1. The maximum atomic E-state index is 10.8. The number of hydrogen-bond donors (Lipinski definition) is 1. The third-order valence-corrected chi connectivity index (χ3v) is 3.71. The summed E-state index contributed by atoms with van der Waals surface area (Å²) in [6, 6.07) is 10.1. The van der Waals surface area contributed by atoms with Crippen LogP contribution in [0.4, 0.5) is 5.69 Å². The molecule has 4 nitrogen and oxygen atoms in total. The van der Waals surface area contributed by atoms with Gasteiger partial charge in [0, 0.05) is 11.6 Å². The number of fused-ring (bicyclic) bond motifs is 1. The van der Waals surface area contributed by atoms with Crippen molar-refractivity contribution in [1.82, 2.24) is 0 Å². The number of hydrogen-bond acceptors (Lipinski definition) is 2. The van der Waals surface area contributed by atoms with E-state index in [1.54, 1.807) is 0 Å². The molecule has 1 aliphatic rings. The zero-order valence-electron chi connectivity index (χ0n) is 11.2. The van der Waals surface area contributed by atoms with Gasteiger partial charge in [-0.25, -0.2) is 0 Å². The smallest absolute Gasteiger partial charge is 0.309 e. The molecule has 0 aromatic heterocycles. The molecule has 98 valence electrons. The Morgan fingerprint density at radius 2 is 2.11 bits per heavy atom. The van der Waals surface area contributed by atoms with Crippen LogP contribution in [-0.2, 0) is 10.2 Å². The first kappa shape index (κ1) is 13.3. The van der Waals surface area contributed by atoms with Gasteiger partial charge in [0.25, 0.3) is 0 Å². The molecule has 0 amide bonds. The second-order valence-electron chi connectivity index (χ2n) is 5.22. The van der Waals surface area contributed by atoms with Gasteiger partial charge in [0.2, 0.25) is 5.69 Å². The number of benzene rings is 1. The van der Waals surface area contributed by atoms with Crippen LogP contribution < -0.4 is 0 Å². The number of para-hydroxylation sites is 1. The fourth-order valence-corrected chi connectivity index (χ4v) is 2.73. The lowest BCUT2D eigenvalue weighted by molar-refractivity contribution is -0.438. The highest BCUT2D eigenvalue weighted by atomic mass is 16.4. The number of rotatable bonds is 4. The molecule has 1 heterocycles. The van der Waals surface area contributed by atoms with Crippen LogP contribution in [0.15, 0.2) is 24.3 Å². The molecule has 19 heavy (non-hydrogen) atoms. The van der Waals surface area contributed by atoms with E-state index in [1.165, 1.54) is 0 Å². The second-order valence-corrected chi connectivity index (χ2v) is 5.22. The summed E-state index contributed by atoms with van der Waals surface area (Å²) >= 11 is 0. The Morgan fingerprint density at radius 3 is 2.74 bits per heavy atom. The number of carbonyl (C=O) groups is 1. The van der Waals surface area contributed by atoms with Crippen molar-refractivity contribution < 1.29 is 14.5 Å². The minimum atomic E-state index is -0.821. The van der Waals surface area contributed by atoms with E-state index in [0.29, 0.717) is 13.0 Å². The van der Waals surface area contributed by atoms with Crippen LogP contribution in [0.2, 0.25) is 0 Å². The normalized spacial score (nSPS) is 16.1. The molecule has 1 aromatic rings. The molecule has 0 bridgehead atoms. The molecule has 2 rings (SSSR count). The first-order valence-corrected chi connectivity index (χ1v) is 6.30. The highest BCUT2D eigenvalue weighted by Crippen LogP contribution is 2.40. The Hall–Kier alpha value is -2.15. The zero-order chi connectivity index (χ0) is 14.0. The van der Waals surface area contributed by atoms with Crippen molar-refractivity contribution in [2.45, 2.75) is 32.1 Å². The van der Waals surface area contributed by atoms with Gasteiger partial charge in [0.1, 0.15) is 12.8 Å². The first-order chi connectivity index (χ1) is 8.98. The minimum absolute atomic E-state index is 0.0688. The molecule has 0 aliphatic carbocycles. The Balaban J connectivity index is 2.51. The Kier molecular flexibility index (Phi) is 3.39. The van der Waals surface area contributed by atoms with Gasteiger partial charge in [-0.15, -0.1) is 0 Å². The Bertz CT molecular complexity index is 594. The number of aliphatic carboxylic acids is 1. The molecular weight excluding hydrogens is 240 g/mol. The van der Waals surface area contributed by atoms with Gasteiger partial charge < -0.3 is 5.11 Å². The summed E-state index contributed by atoms with van der Waals surface area (Å²) in [4.78, 5) is 10.8. The molecule has 0 saturated heterocycles. The van der Waals surface area contributed by atoms with Crippen LogP contribution in [0.5, 0.6) is 0 Å². The Labute approximate surface area is 112 Å². The zero-order valence-corrected chi connectivity index (χ0v) is 11.2. The van der Waals surface area contributed by atoms with Crippen LogP contribution in [0, 0.1) is 11.3 Å². The van der Waals surface area contributed by atoms with Crippen LogP contribution in [0.25, 0.3) is 0 Å². The first-order valence-electron chi connectivity index (χ1n) is 6.30. The SMILES string of the molecule is CC1(C)C(CC#N)=[N+](CCC(=O)O)c2ccccc21. The van der Waals surface area contributed by atoms with E-state index in [0.717, 1.165) is 17.0 Å². The molecule has 0 atom stereocenters. The minimum Gasteiger partial charge on any atom is -0.481 e. The van der Waals surface area contributed by atoms with Gasteiger partial charge in [-0.1, -0.05) is 18.2 Å². The van der Waals surface area contributed by atoms with Gasteiger partial charge in [0.05, 0.1) is 11.5 Å². The molecule has 1 aliphatic heterocycles. The van der Waals surface area contributed by atoms with Crippen molar-refractivity contribution in [2.24, 2.45) is 0 Å². The van der Waals surface area contributed by atoms with Crippen LogP contribution in [0.3, 0.4) is 0 Å². The molecular formula is C15H17N2O2+. The highest BCUT2D eigenvalue weighted by molar-refractivity contribution is 5.96. The van der Waals surface area contributed by atoms with Crippen molar-refractivity contribution in [3.05, 3.63) is 29.8 Å². The number of nitriles is 1. The predicted molar refractivity (Wildman–Crippen MR) is 71.7 cm³/mol. The average Bonchev–Trinajstić information content (AvgIpc) is 2.57. The molecule has 0 saturated carbocycles.